The van der Waals surface area contributed by atoms with Crippen LogP contribution in [0.3, 0.4) is 0 Å². The van der Waals surface area contributed by atoms with E-state index in [2.05, 4.69) is 25.0 Å². The van der Waals surface area contributed by atoms with E-state index in [1.54, 1.807) is 41.1 Å². The second-order valence-electron chi connectivity index (χ2n) is 9.29. The van der Waals surface area contributed by atoms with E-state index in [1.807, 2.05) is 37.3 Å². The van der Waals surface area contributed by atoms with Crippen molar-refractivity contribution in [2.75, 3.05) is 11.6 Å². The number of pyridine rings is 1. The van der Waals surface area contributed by atoms with Gasteiger partial charge in [-0.3, -0.25) is 4.40 Å². The zero-order valence-electron chi connectivity index (χ0n) is 21.5. The molecule has 0 saturated heterocycles. The van der Waals surface area contributed by atoms with E-state index in [4.69, 9.17) is 0 Å². The van der Waals surface area contributed by atoms with Gasteiger partial charge >= 0.3 is 6.18 Å². The van der Waals surface area contributed by atoms with Crippen molar-refractivity contribution in [1.82, 2.24) is 24.1 Å². The highest BCUT2D eigenvalue weighted by atomic mass is 32.2. The van der Waals surface area contributed by atoms with Gasteiger partial charge in [0.15, 0.2) is 0 Å². The topological polar surface area (TPSA) is 101 Å². The van der Waals surface area contributed by atoms with Crippen molar-refractivity contribution in [2.24, 2.45) is 0 Å². The van der Waals surface area contributed by atoms with Gasteiger partial charge in [0.25, 0.3) is 0 Å². The molecular weight excluding hydrogens is 541 g/mol. The Balaban J connectivity index is 1.61. The number of fused-ring (bicyclic) bond motifs is 1. The summed E-state index contributed by atoms with van der Waals surface area (Å²) in [5, 5.41) is 3.27. The molecule has 0 fully saturated rings. The number of imidazole rings is 1. The summed E-state index contributed by atoms with van der Waals surface area (Å²) in [6.07, 6.45) is -0.207. The zero-order chi connectivity index (χ0) is 28.5. The fraction of sp³-hybridized carbons (Fsp3) is 0.179. The molecule has 2 N–H and O–H groups in total. The van der Waals surface area contributed by atoms with Crippen molar-refractivity contribution in [2.45, 2.75) is 25.7 Å². The van der Waals surface area contributed by atoms with Gasteiger partial charge < -0.3 is 5.32 Å². The number of hydrogen-bond acceptors (Lipinski definition) is 6. The first kappa shape index (κ1) is 27.3. The summed E-state index contributed by atoms with van der Waals surface area (Å²) < 4.78 is 67.9. The molecule has 12 heteroatoms. The molecule has 0 aliphatic rings. The lowest BCUT2D eigenvalue weighted by Crippen LogP contribution is -2.21. The molecule has 8 nitrogen and oxygen atoms in total. The van der Waals surface area contributed by atoms with Gasteiger partial charge in [0.2, 0.25) is 16.0 Å². The maximum absolute atomic E-state index is 13.5. The first-order valence-electron chi connectivity index (χ1n) is 12.3. The summed E-state index contributed by atoms with van der Waals surface area (Å²) in [5.74, 6) is 0.341. The number of hydrogen-bond donors (Lipinski definition) is 2. The largest absolute Gasteiger partial charge is 0.416 e. The fourth-order valence-electron chi connectivity index (χ4n) is 4.28. The minimum atomic E-state index is -4.53. The van der Waals surface area contributed by atoms with Crippen LogP contribution in [0.1, 0.15) is 29.7 Å². The van der Waals surface area contributed by atoms with Gasteiger partial charge in [-0.15, -0.1) is 0 Å². The Morgan fingerprint density at radius 1 is 0.975 bits per heavy atom. The molecule has 0 unspecified atom stereocenters. The lowest BCUT2D eigenvalue weighted by Gasteiger charge is -2.15. The quantitative estimate of drug-likeness (QED) is 0.250. The molecule has 0 amide bonds. The lowest BCUT2D eigenvalue weighted by atomic mass is 10.0. The number of nitrogens with one attached hydrogen (secondary N) is 2. The van der Waals surface area contributed by atoms with E-state index in [0.29, 0.717) is 34.2 Å². The molecule has 0 aliphatic carbocycles. The van der Waals surface area contributed by atoms with E-state index in [0.717, 1.165) is 24.0 Å². The number of nitrogens with zero attached hydrogens (tertiary/aromatic N) is 4. The lowest BCUT2D eigenvalue weighted by molar-refractivity contribution is -0.137. The minimum Gasteiger partial charge on any atom is -0.348 e. The van der Waals surface area contributed by atoms with E-state index >= 15 is 0 Å². The van der Waals surface area contributed by atoms with E-state index in [-0.39, 0.29) is 18.2 Å². The first-order chi connectivity index (χ1) is 19.0. The second kappa shape index (κ2) is 10.7. The highest BCUT2D eigenvalue weighted by Crippen LogP contribution is 2.36. The Labute approximate surface area is 229 Å². The van der Waals surface area contributed by atoms with Crippen molar-refractivity contribution in [3.05, 3.63) is 102 Å². The number of anilines is 1. The van der Waals surface area contributed by atoms with Gasteiger partial charge in [0, 0.05) is 24.5 Å². The van der Waals surface area contributed by atoms with Gasteiger partial charge in [-0.1, -0.05) is 42.5 Å². The molecule has 0 bridgehead atoms. The third kappa shape index (κ3) is 6.13. The summed E-state index contributed by atoms with van der Waals surface area (Å²) in [5.41, 5.74) is 2.75. The van der Waals surface area contributed by atoms with Crippen LogP contribution >= 0.6 is 0 Å². The number of alkyl halides is 3. The third-order valence-electron chi connectivity index (χ3n) is 6.24. The van der Waals surface area contributed by atoms with Crippen LogP contribution in [0.15, 0.2) is 85.2 Å². The van der Waals surface area contributed by atoms with Gasteiger partial charge in [-0.2, -0.15) is 13.2 Å². The highest BCUT2D eigenvalue weighted by molar-refractivity contribution is 7.88. The summed E-state index contributed by atoms with van der Waals surface area (Å²) in [7, 11) is -3.43. The number of halogens is 3. The van der Waals surface area contributed by atoms with Crippen LogP contribution in [0.4, 0.5) is 19.1 Å². The summed E-state index contributed by atoms with van der Waals surface area (Å²) in [4.78, 5) is 13.7. The van der Waals surface area contributed by atoms with E-state index in [1.165, 1.54) is 6.07 Å². The van der Waals surface area contributed by atoms with Crippen LogP contribution < -0.4 is 10.0 Å². The second-order valence-corrected chi connectivity index (χ2v) is 11.1. The number of aromatic nitrogens is 4. The molecule has 0 radical (unpaired) electrons. The Kier molecular flexibility index (Phi) is 7.30. The average molecular weight is 567 g/mol. The van der Waals surface area contributed by atoms with E-state index < -0.39 is 21.8 Å². The Hall–Kier alpha value is -4.29. The van der Waals surface area contributed by atoms with Crippen LogP contribution in [0, 0.1) is 0 Å². The number of rotatable bonds is 8. The molecule has 0 aliphatic heterocycles. The normalized spacial score (nSPS) is 12.9. The summed E-state index contributed by atoms with van der Waals surface area (Å²) in [6, 6.07) is 19.7. The molecule has 0 spiro atoms. The predicted molar refractivity (Wildman–Crippen MR) is 147 cm³/mol. The monoisotopic (exact) mass is 566 g/mol. The van der Waals surface area contributed by atoms with Crippen LogP contribution in [0.2, 0.25) is 0 Å². The fourth-order valence-corrected chi connectivity index (χ4v) is 4.71. The van der Waals surface area contributed by atoms with Crippen molar-refractivity contribution >= 4 is 21.6 Å². The van der Waals surface area contributed by atoms with Crippen molar-refractivity contribution in [3.8, 4) is 22.6 Å². The van der Waals surface area contributed by atoms with Gasteiger partial charge in [-0.05, 0) is 48.4 Å². The van der Waals surface area contributed by atoms with E-state index in [9.17, 15) is 21.6 Å². The molecule has 3 aromatic heterocycles. The average Bonchev–Trinajstić information content (AvgIpc) is 3.31. The molecule has 3 heterocycles. The molecule has 2 aromatic carbocycles. The van der Waals surface area contributed by atoms with Gasteiger partial charge in [0.1, 0.15) is 5.65 Å². The molecular formula is C28H25F3N6O2S. The predicted octanol–water partition coefficient (Wildman–Crippen LogP) is 5.70. The third-order valence-corrected chi connectivity index (χ3v) is 6.90. The highest BCUT2D eigenvalue weighted by Gasteiger charge is 2.31. The van der Waals surface area contributed by atoms with Crippen molar-refractivity contribution in [1.29, 1.82) is 0 Å². The Bertz CT molecular complexity index is 1770. The summed E-state index contributed by atoms with van der Waals surface area (Å²) in [6.45, 7) is 2.01. The molecule has 1 atom stereocenters. The Morgan fingerprint density at radius 2 is 1.75 bits per heavy atom. The number of sulfonamides is 1. The Morgan fingerprint density at radius 3 is 2.48 bits per heavy atom. The van der Waals surface area contributed by atoms with Gasteiger partial charge in [0.05, 0.1) is 34.9 Å². The molecule has 0 saturated carbocycles. The van der Waals surface area contributed by atoms with Crippen LogP contribution in [0.5, 0.6) is 0 Å². The SMILES string of the molecule is C[C@@H](Nc1nccc(-c2c(-c3cccc(C(F)(F)F)c3)nc3cc(CNS(C)(=O)=O)ccn23)n1)c1ccccc1. The first-order valence-corrected chi connectivity index (χ1v) is 14.2. The maximum atomic E-state index is 13.5. The number of benzene rings is 2. The van der Waals surface area contributed by atoms with Crippen LogP contribution in [0.25, 0.3) is 28.3 Å². The molecule has 206 valence electrons. The molecule has 5 aromatic rings. The molecule has 5 rings (SSSR count). The maximum Gasteiger partial charge on any atom is 0.416 e. The van der Waals surface area contributed by atoms with Crippen molar-refractivity contribution < 1.29 is 21.6 Å². The molecule has 40 heavy (non-hydrogen) atoms. The van der Waals surface area contributed by atoms with Crippen LogP contribution in [-0.4, -0.2) is 34.0 Å². The zero-order valence-corrected chi connectivity index (χ0v) is 22.3. The minimum absolute atomic E-state index is 0.0371. The standard InChI is InChI=1S/C28H25F3N6O2S/c1-18(20-7-4-3-5-8-20)34-27-32-13-11-23(35-27)26-25(21-9-6-10-22(16-21)28(29,30)31)36-24-15-19(12-14-37(24)26)17-33-40(2,38)39/h3-16,18,33H,17H2,1-2H3,(H,32,34,35)/t18-/m1/s1. The van der Waals surface area contributed by atoms with Gasteiger partial charge in [-0.25, -0.2) is 28.1 Å². The van der Waals surface area contributed by atoms with Crippen molar-refractivity contribution in [3.63, 3.8) is 0 Å². The van der Waals surface area contributed by atoms with Crippen LogP contribution in [-0.2, 0) is 22.7 Å². The summed E-state index contributed by atoms with van der Waals surface area (Å²) >= 11 is 0. The smallest absolute Gasteiger partial charge is 0.348 e.